The van der Waals surface area contributed by atoms with Crippen molar-refractivity contribution in [2.24, 2.45) is 11.8 Å². The monoisotopic (exact) mass is 630 g/mol. The standard InChI is InChI=1S/C20H38O7S.2C2H4O2S.Na.H/c1-5-9-11-16(7-3)14-26-19(21)13-18(28(23,24)25)20(22)27-15-17(8-4)12-10-6-2;2*3-2(4)1-5;;/h16-18H,5-15H2,1-4H3,(H,23,24,25);2*5H,1H2,(H,3,4);;/q;;;+1;-1. The summed E-state index contributed by atoms with van der Waals surface area (Å²) in [6, 6.07) is 0. The van der Waals surface area contributed by atoms with E-state index >= 15 is 0 Å². The molecule has 0 fully saturated rings. The van der Waals surface area contributed by atoms with Crippen molar-refractivity contribution in [1.29, 1.82) is 0 Å². The van der Waals surface area contributed by atoms with Crippen LogP contribution in [0.2, 0.25) is 0 Å². The van der Waals surface area contributed by atoms with Gasteiger partial charge in [-0.25, -0.2) is 0 Å². The number of esters is 2. The van der Waals surface area contributed by atoms with Gasteiger partial charge in [-0.1, -0.05) is 66.2 Å². The van der Waals surface area contributed by atoms with Crippen molar-refractivity contribution in [3.05, 3.63) is 0 Å². The quantitative estimate of drug-likeness (QED) is 0.0637. The Kier molecular flexibility index (Phi) is 33.8. The topological polar surface area (TPSA) is 182 Å². The molecule has 0 aliphatic carbocycles. The van der Waals surface area contributed by atoms with Gasteiger partial charge in [0, 0.05) is 0 Å². The number of thiol groups is 2. The van der Waals surface area contributed by atoms with Gasteiger partial charge in [-0.05, 0) is 24.7 Å². The molecule has 11 nitrogen and oxygen atoms in total. The Bertz CT molecular complexity index is 757. The molecule has 0 rings (SSSR count). The summed E-state index contributed by atoms with van der Waals surface area (Å²) >= 11 is 6.83. The van der Waals surface area contributed by atoms with Crippen molar-refractivity contribution >= 4 is 59.3 Å². The molecule has 3 N–H and O–H groups in total. The van der Waals surface area contributed by atoms with Crippen molar-refractivity contribution in [3.8, 4) is 0 Å². The number of unbranched alkanes of at least 4 members (excludes halogenated alkanes) is 2. The van der Waals surface area contributed by atoms with Gasteiger partial charge in [0.25, 0.3) is 10.1 Å². The minimum absolute atomic E-state index is 0. The number of carboxylic acids is 2. The van der Waals surface area contributed by atoms with Gasteiger partial charge in [0.2, 0.25) is 0 Å². The molecule has 0 saturated carbocycles. The number of carbonyl (C=O) groups is 4. The van der Waals surface area contributed by atoms with Crippen LogP contribution in [-0.4, -0.2) is 77.0 Å². The number of carboxylic acid groups (broad SMARTS) is 2. The van der Waals surface area contributed by atoms with Gasteiger partial charge in [-0.3, -0.25) is 23.7 Å². The van der Waals surface area contributed by atoms with E-state index in [9.17, 15) is 32.1 Å². The molecule has 3 atom stereocenters. The maximum absolute atomic E-state index is 12.2. The first-order valence-electron chi connectivity index (χ1n) is 12.7. The number of rotatable bonds is 18. The van der Waals surface area contributed by atoms with Crippen LogP contribution in [0.15, 0.2) is 0 Å². The Morgan fingerprint density at radius 1 is 0.795 bits per heavy atom. The van der Waals surface area contributed by atoms with E-state index in [1.165, 1.54) is 0 Å². The summed E-state index contributed by atoms with van der Waals surface area (Å²) < 4.78 is 42.8. The van der Waals surface area contributed by atoms with Crippen LogP contribution >= 0.6 is 25.3 Å². The van der Waals surface area contributed by atoms with Gasteiger partial charge in [0.05, 0.1) is 31.1 Å². The largest absolute Gasteiger partial charge is 1.00 e. The molecular weight excluding hydrogens is 583 g/mol. The molecule has 0 radical (unpaired) electrons. The average Bonchev–Trinajstić information content (AvgIpc) is 2.87. The number of ether oxygens (including phenoxy) is 2. The van der Waals surface area contributed by atoms with E-state index in [2.05, 4.69) is 39.1 Å². The van der Waals surface area contributed by atoms with Crippen molar-refractivity contribution in [2.75, 3.05) is 24.7 Å². The van der Waals surface area contributed by atoms with Crippen molar-refractivity contribution in [3.63, 3.8) is 0 Å². The first kappa shape index (κ1) is 45.5. The molecule has 0 aliphatic rings. The molecular formula is C24H47NaO11S3. The second-order valence-electron chi connectivity index (χ2n) is 8.46. The molecule has 15 heteroatoms. The second-order valence-corrected chi connectivity index (χ2v) is 10.7. The molecule has 0 aromatic rings. The van der Waals surface area contributed by atoms with Gasteiger partial charge in [0.1, 0.15) is 0 Å². The molecule has 0 aromatic carbocycles. The summed E-state index contributed by atoms with van der Waals surface area (Å²) in [5.74, 6) is -3.53. The Labute approximate surface area is 267 Å². The van der Waals surface area contributed by atoms with E-state index in [1.54, 1.807) is 0 Å². The van der Waals surface area contributed by atoms with Crippen LogP contribution in [0.3, 0.4) is 0 Å². The first-order chi connectivity index (χ1) is 17.7. The van der Waals surface area contributed by atoms with Gasteiger partial charge < -0.3 is 21.1 Å². The van der Waals surface area contributed by atoms with Gasteiger partial charge in [-0.15, -0.1) is 0 Å². The molecule has 0 aromatic heterocycles. The third kappa shape index (κ3) is 30.3. The normalized spacial score (nSPS) is 12.6. The van der Waals surface area contributed by atoms with Crippen LogP contribution in [-0.2, 0) is 38.8 Å². The molecule has 0 amide bonds. The van der Waals surface area contributed by atoms with Crippen LogP contribution < -0.4 is 29.6 Å². The molecule has 0 spiro atoms. The van der Waals surface area contributed by atoms with Crippen LogP contribution in [0, 0.1) is 11.8 Å². The van der Waals surface area contributed by atoms with E-state index in [0.29, 0.717) is 0 Å². The fraction of sp³-hybridized carbons (Fsp3) is 0.833. The predicted molar refractivity (Wildman–Crippen MR) is 153 cm³/mol. The van der Waals surface area contributed by atoms with Gasteiger partial charge in [0.15, 0.2) is 5.25 Å². The third-order valence-corrected chi connectivity index (χ3v) is 6.89. The van der Waals surface area contributed by atoms with Gasteiger partial charge in [-0.2, -0.15) is 33.7 Å². The van der Waals surface area contributed by atoms with Crippen LogP contribution in [0.1, 0.15) is 86.9 Å². The summed E-state index contributed by atoms with van der Waals surface area (Å²) in [7, 11) is -4.76. The summed E-state index contributed by atoms with van der Waals surface area (Å²) in [6.07, 6.45) is 6.74. The third-order valence-electron chi connectivity index (χ3n) is 5.27. The fourth-order valence-electron chi connectivity index (χ4n) is 2.82. The Morgan fingerprint density at radius 3 is 1.44 bits per heavy atom. The Balaban J connectivity index is -0.000000289. The summed E-state index contributed by atoms with van der Waals surface area (Å²) in [4.78, 5) is 42.8. The molecule has 0 saturated heterocycles. The van der Waals surface area contributed by atoms with E-state index in [4.69, 9.17) is 19.7 Å². The zero-order valence-corrected chi connectivity index (χ0v) is 28.4. The van der Waals surface area contributed by atoms with E-state index in [-0.39, 0.29) is 67.5 Å². The fourth-order valence-corrected chi connectivity index (χ4v) is 3.48. The summed E-state index contributed by atoms with van der Waals surface area (Å²) in [5.41, 5.74) is 0. The summed E-state index contributed by atoms with van der Waals surface area (Å²) in [6.45, 7) is 8.35. The predicted octanol–water partition coefficient (Wildman–Crippen LogP) is 1.27. The number of hydrogen-bond donors (Lipinski definition) is 5. The maximum Gasteiger partial charge on any atom is 1.00 e. The van der Waals surface area contributed by atoms with Crippen molar-refractivity contribution in [1.82, 2.24) is 0 Å². The SMILES string of the molecule is CCCCC(CC)COC(=O)CC(C(=O)OCC(CC)CCCC)S(=O)(=O)O.O=C(O)CS.O=C(O)CS.[H-].[Na+]. The molecule has 0 aliphatic heterocycles. The smallest absolute Gasteiger partial charge is 1.00 e. The molecule has 0 heterocycles. The Hall–Kier alpha value is -0.510. The van der Waals surface area contributed by atoms with Crippen LogP contribution in [0.5, 0.6) is 0 Å². The molecule has 3 unspecified atom stereocenters. The summed E-state index contributed by atoms with van der Waals surface area (Å²) in [5, 5.41) is 13.3. The van der Waals surface area contributed by atoms with Crippen LogP contribution in [0.4, 0.5) is 0 Å². The second kappa shape index (κ2) is 29.0. The zero-order valence-electron chi connectivity index (χ0n) is 24.8. The number of hydrogen-bond acceptors (Lipinski definition) is 10. The first-order valence-corrected chi connectivity index (χ1v) is 15.4. The molecule has 0 bridgehead atoms. The van der Waals surface area contributed by atoms with Gasteiger partial charge >= 0.3 is 53.4 Å². The average molecular weight is 631 g/mol. The number of carbonyl (C=O) groups excluding carboxylic acids is 2. The minimum atomic E-state index is -4.76. The molecule has 228 valence electrons. The van der Waals surface area contributed by atoms with E-state index < -0.39 is 45.7 Å². The van der Waals surface area contributed by atoms with Crippen molar-refractivity contribution < 1.29 is 82.8 Å². The van der Waals surface area contributed by atoms with E-state index in [1.807, 2.05) is 13.8 Å². The maximum atomic E-state index is 12.2. The van der Waals surface area contributed by atoms with Crippen LogP contribution in [0.25, 0.3) is 0 Å². The van der Waals surface area contributed by atoms with E-state index in [0.717, 1.165) is 51.4 Å². The zero-order chi connectivity index (χ0) is 30.1. The Morgan fingerprint density at radius 2 is 1.15 bits per heavy atom. The minimum Gasteiger partial charge on any atom is -1.00 e. The van der Waals surface area contributed by atoms with Crippen molar-refractivity contribution in [2.45, 2.75) is 90.7 Å². The number of aliphatic carboxylic acids is 2. The molecule has 39 heavy (non-hydrogen) atoms.